The summed E-state index contributed by atoms with van der Waals surface area (Å²) in [5.41, 5.74) is 1.83. The summed E-state index contributed by atoms with van der Waals surface area (Å²) in [5, 5.41) is 3.20. The SMILES string of the molecule is C#Cc1cc(OCC)ccc1NCC. The summed E-state index contributed by atoms with van der Waals surface area (Å²) in [6, 6.07) is 5.74. The van der Waals surface area contributed by atoms with Crippen molar-refractivity contribution in [2.24, 2.45) is 0 Å². The van der Waals surface area contributed by atoms with E-state index in [1.807, 2.05) is 32.0 Å². The number of nitrogens with one attached hydrogen (secondary N) is 1. The van der Waals surface area contributed by atoms with E-state index in [4.69, 9.17) is 11.2 Å². The lowest BCUT2D eigenvalue weighted by molar-refractivity contribution is 0.340. The van der Waals surface area contributed by atoms with E-state index in [2.05, 4.69) is 11.2 Å². The number of ether oxygens (including phenoxy) is 1. The Kier molecular flexibility index (Phi) is 3.87. The first-order valence-corrected chi connectivity index (χ1v) is 4.79. The highest BCUT2D eigenvalue weighted by Gasteiger charge is 2.00. The van der Waals surface area contributed by atoms with Gasteiger partial charge >= 0.3 is 0 Å². The van der Waals surface area contributed by atoms with Gasteiger partial charge in [-0.2, -0.15) is 0 Å². The van der Waals surface area contributed by atoms with Crippen LogP contribution in [-0.2, 0) is 0 Å². The van der Waals surface area contributed by atoms with Crippen molar-refractivity contribution < 1.29 is 4.74 Å². The zero-order chi connectivity index (χ0) is 10.4. The molecule has 0 radical (unpaired) electrons. The van der Waals surface area contributed by atoms with Gasteiger partial charge in [-0.1, -0.05) is 5.92 Å². The Balaban J connectivity index is 2.94. The molecule has 0 aliphatic rings. The summed E-state index contributed by atoms with van der Waals surface area (Å²) in [6.45, 7) is 5.51. The predicted octanol–water partition coefficient (Wildman–Crippen LogP) is 2.50. The van der Waals surface area contributed by atoms with Crippen LogP contribution in [0.4, 0.5) is 5.69 Å². The molecule has 1 rings (SSSR count). The molecule has 74 valence electrons. The van der Waals surface area contributed by atoms with Crippen LogP contribution >= 0.6 is 0 Å². The lowest BCUT2D eigenvalue weighted by Gasteiger charge is -2.08. The first kappa shape index (κ1) is 10.5. The Hall–Kier alpha value is -1.62. The number of benzene rings is 1. The van der Waals surface area contributed by atoms with Gasteiger partial charge in [-0.05, 0) is 32.0 Å². The molecule has 0 aliphatic carbocycles. The summed E-state index contributed by atoms with van der Waals surface area (Å²) in [6.07, 6.45) is 5.40. The number of rotatable bonds is 4. The smallest absolute Gasteiger partial charge is 0.120 e. The van der Waals surface area contributed by atoms with Gasteiger partial charge in [-0.3, -0.25) is 0 Å². The molecule has 2 nitrogen and oxygen atoms in total. The molecule has 0 saturated carbocycles. The molecule has 0 atom stereocenters. The van der Waals surface area contributed by atoms with E-state index in [-0.39, 0.29) is 0 Å². The van der Waals surface area contributed by atoms with E-state index in [1.54, 1.807) is 0 Å². The van der Waals surface area contributed by atoms with Gasteiger partial charge in [0.05, 0.1) is 17.9 Å². The molecule has 14 heavy (non-hydrogen) atoms. The zero-order valence-electron chi connectivity index (χ0n) is 8.63. The topological polar surface area (TPSA) is 21.3 Å². The standard InChI is InChI=1S/C12H15NO/c1-4-10-9-11(14-6-3)7-8-12(10)13-5-2/h1,7-9,13H,5-6H2,2-3H3. The summed E-state index contributed by atoms with van der Waals surface area (Å²) < 4.78 is 5.36. The molecule has 0 fully saturated rings. The Bertz CT molecular complexity index is 339. The van der Waals surface area contributed by atoms with Gasteiger partial charge in [0.2, 0.25) is 0 Å². The van der Waals surface area contributed by atoms with Crippen LogP contribution in [0.3, 0.4) is 0 Å². The van der Waals surface area contributed by atoms with Gasteiger partial charge < -0.3 is 10.1 Å². The Morgan fingerprint density at radius 1 is 1.43 bits per heavy atom. The van der Waals surface area contributed by atoms with Crippen molar-refractivity contribution in [3.8, 4) is 18.1 Å². The Labute approximate surface area is 85.3 Å². The highest BCUT2D eigenvalue weighted by atomic mass is 16.5. The minimum Gasteiger partial charge on any atom is -0.494 e. The second-order valence-corrected chi connectivity index (χ2v) is 2.82. The first-order valence-electron chi connectivity index (χ1n) is 4.79. The molecule has 0 aromatic heterocycles. The molecular formula is C12H15NO. The van der Waals surface area contributed by atoms with Crippen LogP contribution in [0.15, 0.2) is 18.2 Å². The van der Waals surface area contributed by atoms with E-state index >= 15 is 0 Å². The van der Waals surface area contributed by atoms with Gasteiger partial charge in [-0.15, -0.1) is 6.42 Å². The number of anilines is 1. The van der Waals surface area contributed by atoms with Gasteiger partial charge in [0.1, 0.15) is 5.75 Å². The van der Waals surface area contributed by atoms with Gasteiger partial charge in [0.25, 0.3) is 0 Å². The molecule has 1 N–H and O–H groups in total. The highest BCUT2D eigenvalue weighted by molar-refractivity contribution is 5.60. The lowest BCUT2D eigenvalue weighted by atomic mass is 10.1. The number of hydrogen-bond acceptors (Lipinski definition) is 2. The van der Waals surface area contributed by atoms with E-state index in [1.165, 1.54) is 0 Å². The third-order valence-electron chi connectivity index (χ3n) is 1.82. The maximum atomic E-state index is 5.40. The van der Waals surface area contributed by atoms with Crippen molar-refractivity contribution in [3.63, 3.8) is 0 Å². The van der Waals surface area contributed by atoms with Crippen LogP contribution in [0.25, 0.3) is 0 Å². The fourth-order valence-corrected chi connectivity index (χ4v) is 1.24. The molecule has 2 heteroatoms. The van der Waals surface area contributed by atoms with Crippen LogP contribution in [0.1, 0.15) is 19.4 Å². The number of terminal acetylenes is 1. The molecule has 0 aliphatic heterocycles. The maximum absolute atomic E-state index is 5.40. The molecule has 1 aromatic carbocycles. The Morgan fingerprint density at radius 2 is 2.21 bits per heavy atom. The van der Waals surface area contributed by atoms with E-state index in [9.17, 15) is 0 Å². The highest BCUT2D eigenvalue weighted by Crippen LogP contribution is 2.21. The zero-order valence-corrected chi connectivity index (χ0v) is 8.63. The second kappa shape index (κ2) is 5.18. The molecule has 0 bridgehead atoms. The van der Waals surface area contributed by atoms with Crippen molar-refractivity contribution in [1.82, 2.24) is 0 Å². The quantitative estimate of drug-likeness (QED) is 0.735. The molecule has 0 unspecified atom stereocenters. The van der Waals surface area contributed by atoms with Crippen molar-refractivity contribution in [2.75, 3.05) is 18.5 Å². The van der Waals surface area contributed by atoms with Crippen LogP contribution in [0.5, 0.6) is 5.75 Å². The first-order chi connectivity index (χ1) is 6.81. The molecule has 0 saturated heterocycles. The fraction of sp³-hybridized carbons (Fsp3) is 0.333. The minimum atomic E-state index is 0.657. The third-order valence-corrected chi connectivity index (χ3v) is 1.82. The average molecular weight is 189 g/mol. The molecule has 0 amide bonds. The molecule has 1 aromatic rings. The van der Waals surface area contributed by atoms with Gasteiger partial charge in [0.15, 0.2) is 0 Å². The van der Waals surface area contributed by atoms with Crippen LogP contribution < -0.4 is 10.1 Å². The summed E-state index contributed by atoms with van der Waals surface area (Å²) in [7, 11) is 0. The monoisotopic (exact) mass is 189 g/mol. The number of hydrogen-bond donors (Lipinski definition) is 1. The van der Waals surface area contributed by atoms with Crippen LogP contribution in [0.2, 0.25) is 0 Å². The largest absolute Gasteiger partial charge is 0.494 e. The Morgan fingerprint density at radius 3 is 2.79 bits per heavy atom. The summed E-state index contributed by atoms with van der Waals surface area (Å²) in [4.78, 5) is 0. The van der Waals surface area contributed by atoms with Crippen LogP contribution in [0, 0.1) is 12.3 Å². The van der Waals surface area contributed by atoms with Crippen molar-refractivity contribution in [2.45, 2.75) is 13.8 Å². The van der Waals surface area contributed by atoms with Crippen molar-refractivity contribution in [1.29, 1.82) is 0 Å². The van der Waals surface area contributed by atoms with E-state index in [0.717, 1.165) is 23.5 Å². The van der Waals surface area contributed by atoms with Gasteiger partial charge in [-0.25, -0.2) is 0 Å². The average Bonchev–Trinajstić information content (AvgIpc) is 2.21. The van der Waals surface area contributed by atoms with E-state index < -0.39 is 0 Å². The second-order valence-electron chi connectivity index (χ2n) is 2.82. The minimum absolute atomic E-state index is 0.657. The van der Waals surface area contributed by atoms with Crippen molar-refractivity contribution in [3.05, 3.63) is 23.8 Å². The summed E-state index contributed by atoms with van der Waals surface area (Å²) in [5.74, 6) is 3.46. The lowest BCUT2D eigenvalue weighted by Crippen LogP contribution is -2.00. The van der Waals surface area contributed by atoms with Gasteiger partial charge in [0, 0.05) is 6.54 Å². The van der Waals surface area contributed by atoms with Crippen molar-refractivity contribution >= 4 is 5.69 Å². The maximum Gasteiger partial charge on any atom is 0.120 e. The van der Waals surface area contributed by atoms with E-state index in [0.29, 0.717) is 6.61 Å². The molecule has 0 spiro atoms. The fourth-order valence-electron chi connectivity index (χ4n) is 1.24. The van der Waals surface area contributed by atoms with Crippen LogP contribution in [-0.4, -0.2) is 13.2 Å². The molecular weight excluding hydrogens is 174 g/mol. The summed E-state index contributed by atoms with van der Waals surface area (Å²) >= 11 is 0. The normalized spacial score (nSPS) is 9.21. The predicted molar refractivity (Wildman–Crippen MR) is 59.7 cm³/mol. The third kappa shape index (κ3) is 2.43. The molecule has 0 heterocycles.